The average Bonchev–Trinajstić information content (AvgIpc) is 2.11. The largest absolute Gasteiger partial charge is 0.547 e. The van der Waals surface area contributed by atoms with Gasteiger partial charge in [-0.3, -0.25) is 4.52 Å². The van der Waals surface area contributed by atoms with Crippen molar-refractivity contribution in [3.63, 3.8) is 0 Å². The van der Waals surface area contributed by atoms with Gasteiger partial charge >= 0.3 is 7.82 Å². The van der Waals surface area contributed by atoms with Gasteiger partial charge in [-0.05, 0) is 0 Å². The smallest absolute Gasteiger partial charge is 0.469 e. The summed E-state index contributed by atoms with van der Waals surface area (Å²) in [4.78, 5) is 27.7. The lowest BCUT2D eigenvalue weighted by Gasteiger charge is -2.42. The maximum Gasteiger partial charge on any atom is 0.469 e. The number of carbonyl (C=O) groups is 1. The number of carboxylic acid groups (broad SMARTS) is 1. The zero-order valence-corrected chi connectivity index (χ0v) is 9.36. The second kappa shape index (κ2) is 4.62. The Morgan fingerprint density at radius 2 is 1.88 bits per heavy atom. The van der Waals surface area contributed by atoms with Gasteiger partial charge in [0.15, 0.2) is 0 Å². The fourth-order valence-corrected chi connectivity index (χ4v) is 2.25. The first kappa shape index (κ1) is 14.5. The number of carbonyl (C=O) groups excluding carboxylic acids is 1. The number of phosphoric acid groups is 1. The molecule has 0 amide bonds. The van der Waals surface area contributed by atoms with Gasteiger partial charge in [0.2, 0.25) is 0 Å². The summed E-state index contributed by atoms with van der Waals surface area (Å²) in [7, 11) is -4.98. The lowest BCUT2D eigenvalue weighted by molar-refractivity contribution is -0.331. The highest BCUT2D eigenvalue weighted by molar-refractivity contribution is 7.46. The lowest BCUT2D eigenvalue weighted by atomic mass is 9.80. The van der Waals surface area contributed by atoms with Gasteiger partial charge in [0.1, 0.15) is 17.8 Å². The molecule has 0 saturated heterocycles. The quantitative estimate of drug-likeness (QED) is 0.326. The van der Waals surface area contributed by atoms with Crippen LogP contribution in [-0.4, -0.2) is 55.0 Å². The molecule has 1 saturated carbocycles. The Morgan fingerprint density at radius 1 is 1.35 bits per heavy atom. The van der Waals surface area contributed by atoms with Crippen LogP contribution in [0.15, 0.2) is 0 Å². The maximum absolute atomic E-state index is 10.6. The van der Waals surface area contributed by atoms with Crippen molar-refractivity contribution in [1.82, 2.24) is 0 Å². The maximum atomic E-state index is 10.6. The highest BCUT2D eigenvalue weighted by Gasteiger charge is 2.47. The van der Waals surface area contributed by atoms with Gasteiger partial charge in [0.25, 0.3) is 0 Å². The third-order valence-corrected chi connectivity index (χ3v) is 3.06. The minimum atomic E-state index is -4.98. The molecule has 100 valence electrons. The molecule has 10 heteroatoms. The Morgan fingerprint density at radius 3 is 2.29 bits per heavy atom. The average molecular weight is 271 g/mol. The predicted octanol–water partition coefficient (Wildman–Crippen LogP) is -3.54. The SMILES string of the molecule is O=C([O-])[C@@]1(O)C[C@@H](O)[C@H](O)[C@H](OP(=O)(O)O)C1. The minimum Gasteiger partial charge on any atom is -0.547 e. The second-order valence-electron chi connectivity index (χ2n) is 3.92. The number of rotatable bonds is 3. The van der Waals surface area contributed by atoms with Gasteiger partial charge < -0.3 is 35.0 Å². The molecule has 5 N–H and O–H groups in total. The fourth-order valence-electron chi connectivity index (χ4n) is 1.69. The van der Waals surface area contributed by atoms with Gasteiger partial charge in [0.05, 0.1) is 12.1 Å². The van der Waals surface area contributed by atoms with E-state index in [1.165, 1.54) is 0 Å². The third-order valence-electron chi connectivity index (χ3n) is 2.51. The summed E-state index contributed by atoms with van der Waals surface area (Å²) in [6.45, 7) is 0. The Labute approximate surface area is 95.5 Å². The normalized spacial score (nSPS) is 39.0. The van der Waals surface area contributed by atoms with Gasteiger partial charge in [-0.15, -0.1) is 0 Å². The number of hydrogen-bond donors (Lipinski definition) is 5. The van der Waals surface area contributed by atoms with Crippen molar-refractivity contribution in [2.24, 2.45) is 0 Å². The Balaban J connectivity index is 2.89. The fraction of sp³-hybridized carbons (Fsp3) is 0.857. The van der Waals surface area contributed by atoms with Crippen molar-refractivity contribution in [1.29, 1.82) is 0 Å². The number of aliphatic carboxylic acids is 1. The number of carboxylic acids is 1. The van der Waals surface area contributed by atoms with Crippen molar-refractivity contribution < 1.29 is 44.1 Å². The summed E-state index contributed by atoms with van der Waals surface area (Å²) in [5, 5.41) is 38.8. The van der Waals surface area contributed by atoms with E-state index in [2.05, 4.69) is 4.52 Å². The van der Waals surface area contributed by atoms with E-state index in [0.29, 0.717) is 0 Å². The van der Waals surface area contributed by atoms with Crippen LogP contribution in [0.1, 0.15) is 12.8 Å². The zero-order chi connectivity index (χ0) is 13.4. The van der Waals surface area contributed by atoms with E-state index in [4.69, 9.17) is 9.79 Å². The molecule has 1 aliphatic rings. The first-order valence-corrected chi connectivity index (χ1v) is 6.12. The second-order valence-corrected chi connectivity index (χ2v) is 5.11. The van der Waals surface area contributed by atoms with Gasteiger partial charge in [-0.2, -0.15) is 0 Å². The van der Waals surface area contributed by atoms with Crippen molar-refractivity contribution in [2.45, 2.75) is 36.8 Å². The van der Waals surface area contributed by atoms with E-state index in [0.717, 1.165) is 0 Å². The van der Waals surface area contributed by atoms with E-state index in [1.54, 1.807) is 0 Å². The lowest BCUT2D eigenvalue weighted by Crippen LogP contribution is -2.60. The standard InChI is InChI=1S/C7H13O9P/c8-3-1-7(12,6(10)11)2-4(5(3)9)16-17(13,14)15/h3-5,8-9,12H,1-2H2,(H,10,11)(H2,13,14,15)/p-1/t3-,4-,5+,7-/m1/s1. The van der Waals surface area contributed by atoms with Crippen molar-refractivity contribution in [2.75, 3.05) is 0 Å². The number of aliphatic hydroxyl groups is 3. The molecular weight excluding hydrogens is 259 g/mol. The summed E-state index contributed by atoms with van der Waals surface area (Å²) in [5.74, 6) is -1.91. The number of hydrogen-bond acceptors (Lipinski definition) is 7. The molecule has 0 unspecified atom stereocenters. The van der Waals surface area contributed by atoms with E-state index in [-0.39, 0.29) is 0 Å². The molecule has 0 aromatic rings. The van der Waals surface area contributed by atoms with Crippen molar-refractivity contribution >= 4 is 13.8 Å². The first-order chi connectivity index (χ1) is 7.55. The van der Waals surface area contributed by atoms with E-state index in [1.807, 2.05) is 0 Å². The molecule has 17 heavy (non-hydrogen) atoms. The summed E-state index contributed by atoms with van der Waals surface area (Å²) in [6.07, 6.45) is -6.61. The summed E-state index contributed by atoms with van der Waals surface area (Å²) >= 11 is 0. The van der Waals surface area contributed by atoms with Crippen LogP contribution in [0, 0.1) is 0 Å². The molecule has 0 spiro atoms. The number of phosphoric ester groups is 1. The molecule has 1 aliphatic carbocycles. The highest BCUT2D eigenvalue weighted by atomic mass is 31.2. The molecule has 1 fully saturated rings. The predicted molar refractivity (Wildman–Crippen MR) is 48.1 cm³/mol. The van der Waals surface area contributed by atoms with Crippen molar-refractivity contribution in [3.8, 4) is 0 Å². The van der Waals surface area contributed by atoms with Crippen LogP contribution in [0.4, 0.5) is 0 Å². The van der Waals surface area contributed by atoms with Crippen LogP contribution >= 0.6 is 7.82 Å². The van der Waals surface area contributed by atoms with Crippen LogP contribution in [0.2, 0.25) is 0 Å². The molecule has 0 radical (unpaired) electrons. The van der Waals surface area contributed by atoms with E-state index < -0.39 is 50.5 Å². The molecular formula is C7H12O9P-. The Hall–Kier alpha value is -0.540. The van der Waals surface area contributed by atoms with Crippen LogP contribution in [0.3, 0.4) is 0 Å². The molecule has 0 bridgehead atoms. The summed E-state index contributed by atoms with van der Waals surface area (Å²) in [6, 6.07) is 0. The summed E-state index contributed by atoms with van der Waals surface area (Å²) in [5.41, 5.74) is -2.50. The minimum absolute atomic E-state index is 0.711. The zero-order valence-electron chi connectivity index (χ0n) is 8.46. The van der Waals surface area contributed by atoms with Gasteiger partial charge in [-0.25, -0.2) is 4.57 Å². The molecule has 0 aliphatic heterocycles. The molecule has 1 rings (SSSR count). The monoisotopic (exact) mass is 271 g/mol. The van der Waals surface area contributed by atoms with Crippen LogP contribution in [-0.2, 0) is 13.9 Å². The van der Waals surface area contributed by atoms with Crippen LogP contribution < -0.4 is 5.11 Å². The third kappa shape index (κ3) is 3.46. The van der Waals surface area contributed by atoms with E-state index >= 15 is 0 Å². The molecule has 0 aromatic carbocycles. The van der Waals surface area contributed by atoms with Gasteiger partial charge in [0, 0.05) is 12.8 Å². The van der Waals surface area contributed by atoms with E-state index in [9.17, 15) is 29.8 Å². The molecule has 4 atom stereocenters. The van der Waals surface area contributed by atoms with Crippen molar-refractivity contribution in [3.05, 3.63) is 0 Å². The summed E-state index contributed by atoms with van der Waals surface area (Å²) < 4.78 is 14.7. The topological polar surface area (TPSA) is 168 Å². The highest BCUT2D eigenvalue weighted by Crippen LogP contribution is 2.42. The molecule has 0 aromatic heterocycles. The van der Waals surface area contributed by atoms with Crippen LogP contribution in [0.5, 0.6) is 0 Å². The number of aliphatic hydroxyl groups excluding tert-OH is 2. The van der Waals surface area contributed by atoms with Gasteiger partial charge in [-0.1, -0.05) is 0 Å². The van der Waals surface area contributed by atoms with Crippen LogP contribution in [0.25, 0.3) is 0 Å². The Bertz CT molecular complexity index is 351. The first-order valence-electron chi connectivity index (χ1n) is 4.59. The molecule has 9 nitrogen and oxygen atoms in total. The molecule has 0 heterocycles. The Kier molecular flexibility index (Phi) is 3.94.